The average Bonchev–Trinajstić information content (AvgIpc) is 2.38. The molecule has 1 aliphatic rings. The van der Waals surface area contributed by atoms with Gasteiger partial charge in [0.15, 0.2) is 0 Å². The first kappa shape index (κ1) is 12.0. The van der Waals surface area contributed by atoms with Crippen LogP contribution in [0.3, 0.4) is 0 Å². The first-order chi connectivity index (χ1) is 8.25. The fraction of sp³-hybridized carbons (Fsp3) is 0.500. The Hall–Kier alpha value is -1.49. The minimum absolute atomic E-state index is 0.240. The van der Waals surface area contributed by atoms with Crippen molar-refractivity contribution in [3.63, 3.8) is 0 Å². The summed E-state index contributed by atoms with van der Waals surface area (Å²) in [5.41, 5.74) is 0.259. The SMILES string of the molecule is O=C(NCC1CCCNC1)c1ccc(F)cn1. The normalized spacial score (nSPS) is 19.9. The number of amides is 1. The molecule has 1 saturated heterocycles. The van der Waals surface area contributed by atoms with Gasteiger partial charge in [-0.05, 0) is 44.0 Å². The van der Waals surface area contributed by atoms with Crippen LogP contribution in [0.2, 0.25) is 0 Å². The zero-order chi connectivity index (χ0) is 12.1. The van der Waals surface area contributed by atoms with Crippen LogP contribution in [0.4, 0.5) is 4.39 Å². The Morgan fingerprint density at radius 3 is 3.12 bits per heavy atom. The number of rotatable bonds is 3. The number of aromatic nitrogens is 1. The molecule has 0 bridgehead atoms. The maximum absolute atomic E-state index is 12.6. The summed E-state index contributed by atoms with van der Waals surface area (Å²) in [4.78, 5) is 15.4. The number of hydrogen-bond donors (Lipinski definition) is 2. The van der Waals surface area contributed by atoms with Crippen LogP contribution in [0.1, 0.15) is 23.3 Å². The van der Waals surface area contributed by atoms with Crippen LogP contribution in [0.15, 0.2) is 18.3 Å². The van der Waals surface area contributed by atoms with Crippen molar-refractivity contribution in [3.8, 4) is 0 Å². The first-order valence-corrected chi connectivity index (χ1v) is 5.86. The molecule has 17 heavy (non-hydrogen) atoms. The van der Waals surface area contributed by atoms with Crippen molar-refractivity contribution >= 4 is 5.91 Å². The molecule has 1 atom stereocenters. The molecule has 0 spiro atoms. The lowest BCUT2D eigenvalue weighted by Gasteiger charge is -2.22. The van der Waals surface area contributed by atoms with Gasteiger partial charge in [0.25, 0.3) is 5.91 Å². The van der Waals surface area contributed by atoms with Crippen molar-refractivity contribution in [3.05, 3.63) is 29.8 Å². The fourth-order valence-electron chi connectivity index (χ4n) is 1.94. The quantitative estimate of drug-likeness (QED) is 0.823. The molecule has 1 unspecified atom stereocenters. The summed E-state index contributed by atoms with van der Waals surface area (Å²) in [5.74, 6) is -0.193. The Kier molecular flexibility index (Phi) is 4.03. The topological polar surface area (TPSA) is 54.0 Å². The third-order valence-electron chi connectivity index (χ3n) is 2.91. The number of carbonyl (C=O) groups excluding carboxylic acids is 1. The fourth-order valence-corrected chi connectivity index (χ4v) is 1.94. The van der Waals surface area contributed by atoms with Gasteiger partial charge in [-0.3, -0.25) is 4.79 Å². The molecular weight excluding hydrogens is 221 g/mol. The van der Waals surface area contributed by atoms with Crippen LogP contribution in [0, 0.1) is 11.7 Å². The van der Waals surface area contributed by atoms with E-state index in [9.17, 15) is 9.18 Å². The number of hydrogen-bond acceptors (Lipinski definition) is 3. The predicted octanol–water partition coefficient (Wildman–Crippen LogP) is 0.950. The lowest BCUT2D eigenvalue weighted by molar-refractivity contribution is 0.0939. The Labute approximate surface area is 99.6 Å². The van der Waals surface area contributed by atoms with Crippen molar-refractivity contribution in [2.75, 3.05) is 19.6 Å². The van der Waals surface area contributed by atoms with Crippen LogP contribution in [0.5, 0.6) is 0 Å². The minimum atomic E-state index is -0.432. The summed E-state index contributed by atoms with van der Waals surface area (Å²) in [5, 5.41) is 6.11. The standard InChI is InChI=1S/C12H16FN3O/c13-10-3-4-11(15-8-10)12(17)16-7-9-2-1-5-14-6-9/h3-4,8-9,14H,1-2,5-7H2,(H,16,17). The Morgan fingerprint density at radius 2 is 2.47 bits per heavy atom. The number of nitrogens with zero attached hydrogens (tertiary/aromatic N) is 1. The van der Waals surface area contributed by atoms with Gasteiger partial charge in [-0.2, -0.15) is 0 Å². The number of carbonyl (C=O) groups is 1. The van der Waals surface area contributed by atoms with Crippen molar-refractivity contribution in [1.82, 2.24) is 15.6 Å². The molecule has 0 radical (unpaired) electrons. The molecule has 1 fully saturated rings. The number of piperidine rings is 1. The second-order valence-corrected chi connectivity index (χ2v) is 4.28. The van der Waals surface area contributed by atoms with E-state index < -0.39 is 5.82 Å². The second-order valence-electron chi connectivity index (χ2n) is 4.28. The molecular formula is C12H16FN3O. The summed E-state index contributed by atoms with van der Waals surface area (Å²) in [7, 11) is 0. The van der Waals surface area contributed by atoms with Crippen LogP contribution in [-0.4, -0.2) is 30.5 Å². The molecule has 1 aliphatic heterocycles. The van der Waals surface area contributed by atoms with E-state index in [2.05, 4.69) is 15.6 Å². The molecule has 1 aromatic rings. The van der Waals surface area contributed by atoms with E-state index >= 15 is 0 Å². The third kappa shape index (κ3) is 3.49. The molecule has 2 heterocycles. The smallest absolute Gasteiger partial charge is 0.269 e. The van der Waals surface area contributed by atoms with Crippen LogP contribution in [0.25, 0.3) is 0 Å². The van der Waals surface area contributed by atoms with Gasteiger partial charge in [-0.25, -0.2) is 9.37 Å². The maximum atomic E-state index is 12.6. The van der Waals surface area contributed by atoms with Gasteiger partial charge in [0.05, 0.1) is 6.20 Å². The summed E-state index contributed by atoms with van der Waals surface area (Å²) >= 11 is 0. The van der Waals surface area contributed by atoms with E-state index in [0.717, 1.165) is 32.1 Å². The molecule has 0 saturated carbocycles. The van der Waals surface area contributed by atoms with E-state index in [1.807, 2.05) is 0 Å². The molecule has 0 aromatic carbocycles. The molecule has 2 rings (SSSR count). The second kappa shape index (κ2) is 5.72. The summed E-state index contributed by atoms with van der Waals surface area (Å²) in [6, 6.07) is 2.63. The summed E-state index contributed by atoms with van der Waals surface area (Å²) < 4.78 is 12.6. The summed E-state index contributed by atoms with van der Waals surface area (Å²) in [6.45, 7) is 2.64. The van der Waals surface area contributed by atoms with E-state index in [1.165, 1.54) is 12.1 Å². The van der Waals surface area contributed by atoms with Crippen LogP contribution in [-0.2, 0) is 0 Å². The van der Waals surface area contributed by atoms with Crippen molar-refractivity contribution in [1.29, 1.82) is 0 Å². The van der Waals surface area contributed by atoms with Crippen LogP contribution >= 0.6 is 0 Å². The van der Waals surface area contributed by atoms with Crippen molar-refractivity contribution in [2.24, 2.45) is 5.92 Å². The van der Waals surface area contributed by atoms with Gasteiger partial charge in [-0.1, -0.05) is 0 Å². The Morgan fingerprint density at radius 1 is 1.59 bits per heavy atom. The van der Waals surface area contributed by atoms with Crippen molar-refractivity contribution in [2.45, 2.75) is 12.8 Å². The predicted molar refractivity (Wildman–Crippen MR) is 62.1 cm³/mol. The van der Waals surface area contributed by atoms with Gasteiger partial charge >= 0.3 is 0 Å². The Bertz CT molecular complexity index is 374. The third-order valence-corrected chi connectivity index (χ3v) is 2.91. The highest BCUT2D eigenvalue weighted by Gasteiger charge is 2.14. The summed E-state index contributed by atoms with van der Waals surface area (Å²) in [6.07, 6.45) is 3.33. The molecule has 5 heteroatoms. The largest absolute Gasteiger partial charge is 0.350 e. The lowest BCUT2D eigenvalue weighted by Crippen LogP contribution is -2.38. The number of pyridine rings is 1. The number of nitrogens with one attached hydrogen (secondary N) is 2. The van der Waals surface area contributed by atoms with Crippen LogP contribution < -0.4 is 10.6 Å². The molecule has 1 amide bonds. The highest BCUT2D eigenvalue weighted by molar-refractivity contribution is 5.92. The van der Waals surface area contributed by atoms with Gasteiger partial charge in [0, 0.05) is 6.54 Å². The van der Waals surface area contributed by atoms with Crippen molar-refractivity contribution < 1.29 is 9.18 Å². The molecule has 2 N–H and O–H groups in total. The number of halogens is 1. The molecule has 92 valence electrons. The lowest BCUT2D eigenvalue weighted by atomic mass is 10.00. The minimum Gasteiger partial charge on any atom is -0.350 e. The maximum Gasteiger partial charge on any atom is 0.269 e. The molecule has 0 aliphatic carbocycles. The van der Waals surface area contributed by atoms with E-state index in [0.29, 0.717) is 12.5 Å². The molecule has 4 nitrogen and oxygen atoms in total. The average molecular weight is 237 g/mol. The van der Waals surface area contributed by atoms with E-state index in [-0.39, 0.29) is 11.6 Å². The van der Waals surface area contributed by atoms with E-state index in [4.69, 9.17) is 0 Å². The van der Waals surface area contributed by atoms with E-state index in [1.54, 1.807) is 0 Å². The first-order valence-electron chi connectivity index (χ1n) is 5.86. The highest BCUT2D eigenvalue weighted by Crippen LogP contribution is 2.08. The molecule has 1 aromatic heterocycles. The van der Waals surface area contributed by atoms with Gasteiger partial charge < -0.3 is 10.6 Å². The van der Waals surface area contributed by atoms with Gasteiger partial charge in [-0.15, -0.1) is 0 Å². The zero-order valence-corrected chi connectivity index (χ0v) is 9.58. The Balaban J connectivity index is 1.82. The monoisotopic (exact) mass is 237 g/mol. The highest BCUT2D eigenvalue weighted by atomic mass is 19.1. The zero-order valence-electron chi connectivity index (χ0n) is 9.58. The van der Waals surface area contributed by atoms with Gasteiger partial charge in [0.2, 0.25) is 0 Å². The van der Waals surface area contributed by atoms with Gasteiger partial charge in [0.1, 0.15) is 11.5 Å².